The first kappa shape index (κ1) is 20.7. The van der Waals surface area contributed by atoms with Crippen molar-refractivity contribution in [3.05, 3.63) is 63.7 Å². The second kappa shape index (κ2) is 8.17. The standard InChI is InChI=1S/C22H22ClNO5/c1-4-9-24-19(13-6-7-16(25)15(23)11-13)18(21(27)22(24)28)20(26)14-10-12(2)5-8-17(14)29-3/h5-8,10-11,19,25-26H,4,9H2,1-3H3/b20-18+. The Morgan fingerprint density at radius 3 is 2.55 bits per heavy atom. The summed E-state index contributed by atoms with van der Waals surface area (Å²) in [6, 6.07) is 8.87. The number of hydrogen-bond acceptors (Lipinski definition) is 5. The van der Waals surface area contributed by atoms with E-state index in [1.165, 1.54) is 24.1 Å². The Morgan fingerprint density at radius 1 is 1.21 bits per heavy atom. The maximum Gasteiger partial charge on any atom is 0.295 e. The third-order valence-electron chi connectivity index (χ3n) is 4.90. The highest BCUT2D eigenvalue weighted by atomic mass is 35.5. The van der Waals surface area contributed by atoms with Gasteiger partial charge in [0, 0.05) is 6.54 Å². The van der Waals surface area contributed by atoms with Crippen LogP contribution in [-0.2, 0) is 9.59 Å². The van der Waals surface area contributed by atoms with Crippen LogP contribution in [-0.4, -0.2) is 40.5 Å². The molecule has 2 aromatic carbocycles. The van der Waals surface area contributed by atoms with Gasteiger partial charge in [-0.25, -0.2) is 0 Å². The van der Waals surface area contributed by atoms with E-state index >= 15 is 0 Å². The van der Waals surface area contributed by atoms with Gasteiger partial charge >= 0.3 is 0 Å². The number of methoxy groups -OCH3 is 1. The maximum atomic E-state index is 12.9. The molecule has 7 heteroatoms. The highest BCUT2D eigenvalue weighted by Crippen LogP contribution is 2.42. The lowest BCUT2D eigenvalue weighted by molar-refractivity contribution is -0.139. The molecule has 1 heterocycles. The summed E-state index contributed by atoms with van der Waals surface area (Å²) in [6.07, 6.45) is 0.628. The molecule has 2 N–H and O–H groups in total. The minimum atomic E-state index is -0.821. The molecule has 0 aliphatic carbocycles. The van der Waals surface area contributed by atoms with Crippen LogP contribution in [0.1, 0.15) is 36.1 Å². The molecule has 29 heavy (non-hydrogen) atoms. The number of phenolic OH excluding ortho intramolecular Hbond substituents is 1. The van der Waals surface area contributed by atoms with Gasteiger partial charge in [0.1, 0.15) is 17.3 Å². The van der Waals surface area contributed by atoms with Crippen LogP contribution in [0.15, 0.2) is 42.0 Å². The van der Waals surface area contributed by atoms with E-state index in [0.717, 1.165) is 5.56 Å². The Bertz CT molecular complexity index is 1010. The number of carbonyl (C=O) groups excluding carboxylic acids is 2. The molecule has 0 bridgehead atoms. The van der Waals surface area contributed by atoms with Gasteiger partial charge < -0.3 is 19.8 Å². The number of benzene rings is 2. The number of nitrogens with zero attached hydrogens (tertiary/aromatic N) is 1. The van der Waals surface area contributed by atoms with Crippen LogP contribution in [0.5, 0.6) is 11.5 Å². The first-order chi connectivity index (χ1) is 13.8. The van der Waals surface area contributed by atoms with Crippen molar-refractivity contribution in [1.29, 1.82) is 0 Å². The molecule has 0 aromatic heterocycles. The average Bonchev–Trinajstić information content (AvgIpc) is 2.95. The summed E-state index contributed by atoms with van der Waals surface area (Å²) < 4.78 is 5.34. The highest BCUT2D eigenvalue weighted by Gasteiger charge is 2.46. The van der Waals surface area contributed by atoms with Crippen molar-refractivity contribution in [1.82, 2.24) is 4.90 Å². The molecule has 1 aliphatic rings. The summed E-state index contributed by atoms with van der Waals surface area (Å²) in [6.45, 7) is 4.07. The fourth-order valence-electron chi connectivity index (χ4n) is 3.54. The Kier molecular flexibility index (Phi) is 5.84. The first-order valence-corrected chi connectivity index (χ1v) is 9.59. The summed E-state index contributed by atoms with van der Waals surface area (Å²) in [5, 5.41) is 21.0. The number of likely N-dealkylation sites (tertiary alicyclic amines) is 1. The predicted octanol–water partition coefficient (Wildman–Crippen LogP) is 4.19. The molecule has 1 saturated heterocycles. The quantitative estimate of drug-likeness (QED) is 0.434. The zero-order valence-electron chi connectivity index (χ0n) is 16.4. The normalized spacial score (nSPS) is 18.3. The van der Waals surface area contributed by atoms with E-state index in [-0.39, 0.29) is 22.1 Å². The molecule has 1 amide bonds. The predicted molar refractivity (Wildman–Crippen MR) is 110 cm³/mol. The Morgan fingerprint density at radius 2 is 1.93 bits per heavy atom. The molecular formula is C22H22ClNO5. The van der Waals surface area contributed by atoms with E-state index in [9.17, 15) is 19.8 Å². The molecule has 2 aromatic rings. The zero-order valence-corrected chi connectivity index (χ0v) is 17.2. The number of ketones is 1. The van der Waals surface area contributed by atoms with Crippen molar-refractivity contribution in [2.75, 3.05) is 13.7 Å². The second-order valence-corrected chi connectivity index (χ2v) is 7.31. The van der Waals surface area contributed by atoms with Gasteiger partial charge in [-0.05, 0) is 43.2 Å². The van der Waals surface area contributed by atoms with Crippen LogP contribution in [0.2, 0.25) is 5.02 Å². The number of amides is 1. The summed E-state index contributed by atoms with van der Waals surface area (Å²) in [7, 11) is 1.47. The van der Waals surface area contributed by atoms with Gasteiger partial charge in [-0.1, -0.05) is 36.2 Å². The number of phenols is 1. The first-order valence-electron chi connectivity index (χ1n) is 9.22. The second-order valence-electron chi connectivity index (χ2n) is 6.91. The van der Waals surface area contributed by atoms with Gasteiger partial charge in [-0.15, -0.1) is 0 Å². The summed E-state index contributed by atoms with van der Waals surface area (Å²) in [4.78, 5) is 27.0. The lowest BCUT2D eigenvalue weighted by atomic mass is 9.94. The van der Waals surface area contributed by atoms with Crippen LogP contribution in [0.4, 0.5) is 0 Å². The van der Waals surface area contributed by atoms with Crippen LogP contribution >= 0.6 is 11.6 Å². The molecule has 1 atom stereocenters. The number of aryl methyl sites for hydroxylation is 1. The van der Waals surface area contributed by atoms with Crippen LogP contribution in [0.3, 0.4) is 0 Å². The molecular weight excluding hydrogens is 394 g/mol. The Labute approximate surface area is 174 Å². The number of aliphatic hydroxyl groups excluding tert-OH is 1. The Hall–Kier alpha value is -2.99. The molecule has 1 fully saturated rings. The van der Waals surface area contributed by atoms with Crippen molar-refractivity contribution in [2.24, 2.45) is 0 Å². The van der Waals surface area contributed by atoms with Gasteiger partial charge in [-0.2, -0.15) is 0 Å². The largest absolute Gasteiger partial charge is 0.507 e. The van der Waals surface area contributed by atoms with Crippen molar-refractivity contribution in [3.63, 3.8) is 0 Å². The fourth-order valence-corrected chi connectivity index (χ4v) is 3.73. The number of hydrogen-bond donors (Lipinski definition) is 2. The number of aromatic hydroxyl groups is 1. The van der Waals surface area contributed by atoms with E-state index < -0.39 is 17.7 Å². The Balaban J connectivity index is 2.27. The number of aliphatic hydroxyl groups is 1. The SMILES string of the molecule is CCCN1C(=O)C(=O)/C(=C(/O)c2cc(C)ccc2OC)C1c1ccc(O)c(Cl)c1. The van der Waals surface area contributed by atoms with E-state index in [2.05, 4.69) is 0 Å². The third-order valence-corrected chi connectivity index (χ3v) is 5.20. The van der Waals surface area contributed by atoms with Gasteiger partial charge in [0.25, 0.3) is 11.7 Å². The molecule has 0 radical (unpaired) electrons. The van der Waals surface area contributed by atoms with Gasteiger partial charge in [-0.3, -0.25) is 9.59 Å². The van der Waals surface area contributed by atoms with Crippen molar-refractivity contribution >= 4 is 29.1 Å². The summed E-state index contributed by atoms with van der Waals surface area (Å²) in [5.41, 5.74) is 1.68. The lowest BCUT2D eigenvalue weighted by Gasteiger charge is -2.25. The molecule has 1 aliphatic heterocycles. The number of ether oxygens (including phenoxy) is 1. The number of Topliss-reactive ketones (excluding diaryl/α,β-unsaturated/α-hetero) is 1. The third kappa shape index (κ3) is 3.68. The zero-order chi connectivity index (χ0) is 21.3. The van der Waals surface area contributed by atoms with Gasteiger partial charge in [0.05, 0.1) is 29.3 Å². The van der Waals surface area contributed by atoms with E-state index in [0.29, 0.717) is 29.8 Å². The van der Waals surface area contributed by atoms with E-state index in [1.807, 2.05) is 19.9 Å². The van der Waals surface area contributed by atoms with Crippen molar-refractivity contribution < 1.29 is 24.5 Å². The number of rotatable bonds is 5. The molecule has 0 saturated carbocycles. The molecule has 3 rings (SSSR count). The van der Waals surface area contributed by atoms with Crippen LogP contribution in [0, 0.1) is 6.92 Å². The fraction of sp³-hybridized carbons (Fsp3) is 0.273. The average molecular weight is 416 g/mol. The van der Waals surface area contributed by atoms with E-state index in [4.69, 9.17) is 16.3 Å². The number of halogens is 1. The topological polar surface area (TPSA) is 87.1 Å². The van der Waals surface area contributed by atoms with Gasteiger partial charge in [0.2, 0.25) is 0 Å². The maximum absolute atomic E-state index is 12.9. The molecule has 0 spiro atoms. The monoisotopic (exact) mass is 415 g/mol. The molecule has 1 unspecified atom stereocenters. The van der Waals surface area contributed by atoms with Crippen molar-refractivity contribution in [2.45, 2.75) is 26.3 Å². The minimum absolute atomic E-state index is 0.0332. The lowest BCUT2D eigenvalue weighted by Crippen LogP contribution is -2.30. The summed E-state index contributed by atoms with van der Waals surface area (Å²) in [5.74, 6) is -1.49. The van der Waals surface area contributed by atoms with Gasteiger partial charge in [0.15, 0.2) is 0 Å². The summed E-state index contributed by atoms with van der Waals surface area (Å²) >= 11 is 6.07. The smallest absolute Gasteiger partial charge is 0.295 e. The van der Waals surface area contributed by atoms with Crippen LogP contribution in [0.25, 0.3) is 5.76 Å². The minimum Gasteiger partial charge on any atom is -0.507 e. The highest BCUT2D eigenvalue weighted by molar-refractivity contribution is 6.46. The number of carbonyl (C=O) groups is 2. The van der Waals surface area contributed by atoms with Crippen molar-refractivity contribution in [3.8, 4) is 11.5 Å². The van der Waals surface area contributed by atoms with Crippen LogP contribution < -0.4 is 4.74 Å². The molecule has 6 nitrogen and oxygen atoms in total. The molecule has 152 valence electrons. The van der Waals surface area contributed by atoms with E-state index in [1.54, 1.807) is 18.2 Å².